The minimum absolute atomic E-state index is 0. The van der Waals surface area contributed by atoms with E-state index in [4.69, 9.17) is 36.4 Å². The minimum atomic E-state index is -1.42. The lowest BCUT2D eigenvalue weighted by molar-refractivity contribution is -0.231. The minimum Gasteiger partial charge on any atom is -0.494 e. The fraction of sp³-hybridized carbons (Fsp3) is 0.600. The van der Waals surface area contributed by atoms with Crippen LogP contribution in [0.15, 0.2) is 42.5 Å². The summed E-state index contributed by atoms with van der Waals surface area (Å²) in [4.78, 5) is 0. The molecule has 7 N–H and O–H groups in total. The monoisotopic (exact) mass is 590 g/mol. The Labute approximate surface area is 244 Å². The van der Waals surface area contributed by atoms with E-state index < -0.39 is 43.2 Å². The van der Waals surface area contributed by atoms with Crippen molar-refractivity contribution in [2.75, 3.05) is 19.8 Å². The third-order valence-corrected chi connectivity index (χ3v) is 6.14. The molecule has 0 aromatic heterocycles. The molecule has 2 aromatic rings. The number of rotatable bonds is 8. The van der Waals surface area contributed by atoms with Gasteiger partial charge in [-0.2, -0.15) is 0 Å². The Balaban J connectivity index is 0. The molecular weight excluding hydrogens is 540 g/mol. The quantitative estimate of drug-likeness (QED) is 0.245. The Morgan fingerprint density at radius 2 is 1.43 bits per heavy atom. The van der Waals surface area contributed by atoms with Crippen molar-refractivity contribution in [3.05, 3.63) is 64.2 Å². The Kier molecular flexibility index (Phi) is 21.2. The third-order valence-electron chi connectivity index (χ3n) is 5.77. The molecule has 0 bridgehead atoms. The highest BCUT2D eigenvalue weighted by Crippen LogP contribution is 2.34. The van der Waals surface area contributed by atoms with Gasteiger partial charge < -0.3 is 45.2 Å². The Hall–Kier alpha value is -1.79. The number of halogens is 1. The number of aliphatic hydroxyl groups excluding tert-OH is 7. The van der Waals surface area contributed by atoms with Crippen LogP contribution in [0.1, 0.15) is 71.8 Å². The van der Waals surface area contributed by atoms with Gasteiger partial charge in [-0.3, -0.25) is 0 Å². The number of hydrogen-bond acceptors (Lipinski definition) is 9. The van der Waals surface area contributed by atoms with Crippen LogP contribution in [0, 0.1) is 0 Å². The average molecular weight is 591 g/mol. The van der Waals surface area contributed by atoms with Gasteiger partial charge in [0, 0.05) is 5.02 Å². The van der Waals surface area contributed by atoms with Gasteiger partial charge in [0.1, 0.15) is 36.3 Å². The molecule has 232 valence electrons. The van der Waals surface area contributed by atoms with E-state index in [1.807, 2.05) is 44.2 Å². The van der Waals surface area contributed by atoms with Crippen LogP contribution in [0.4, 0.5) is 0 Å². The summed E-state index contributed by atoms with van der Waals surface area (Å²) in [5, 5.41) is 64.6. The molecule has 9 nitrogen and oxygen atoms in total. The van der Waals surface area contributed by atoms with E-state index >= 15 is 0 Å². The molecule has 0 saturated carbocycles. The second-order valence-corrected chi connectivity index (χ2v) is 9.55. The molecule has 0 spiro atoms. The van der Waals surface area contributed by atoms with Crippen LogP contribution in [-0.4, -0.2) is 92.2 Å². The maximum atomic E-state index is 10.3. The van der Waals surface area contributed by atoms with Crippen molar-refractivity contribution in [2.24, 2.45) is 0 Å². The molecule has 1 aliphatic heterocycles. The van der Waals surface area contributed by atoms with Crippen LogP contribution in [0.25, 0.3) is 0 Å². The highest BCUT2D eigenvalue weighted by atomic mass is 35.5. The first kappa shape index (κ1) is 40.3. The third kappa shape index (κ3) is 13.2. The van der Waals surface area contributed by atoms with Gasteiger partial charge in [0.15, 0.2) is 0 Å². The van der Waals surface area contributed by atoms with Crippen molar-refractivity contribution in [1.29, 1.82) is 0 Å². The first-order valence-electron chi connectivity index (χ1n) is 12.8. The van der Waals surface area contributed by atoms with Gasteiger partial charge in [-0.05, 0) is 68.5 Å². The lowest BCUT2D eigenvalue weighted by Crippen LogP contribution is -2.55. The second-order valence-electron chi connectivity index (χ2n) is 9.14. The summed E-state index contributed by atoms with van der Waals surface area (Å²) in [6, 6.07) is 12.9. The summed E-state index contributed by atoms with van der Waals surface area (Å²) in [7, 11) is 0. The molecule has 0 aliphatic carbocycles. The van der Waals surface area contributed by atoms with E-state index in [0.29, 0.717) is 23.6 Å². The van der Waals surface area contributed by atoms with E-state index in [9.17, 15) is 20.4 Å². The highest BCUT2D eigenvalue weighted by molar-refractivity contribution is 6.31. The molecule has 1 fully saturated rings. The van der Waals surface area contributed by atoms with E-state index in [-0.39, 0.29) is 27.6 Å². The van der Waals surface area contributed by atoms with Crippen LogP contribution in [0.2, 0.25) is 5.02 Å². The summed E-state index contributed by atoms with van der Waals surface area (Å²) in [5.74, 6) is 0.799. The Bertz CT molecular complexity index is 899. The van der Waals surface area contributed by atoms with Crippen molar-refractivity contribution in [1.82, 2.24) is 0 Å². The zero-order valence-electron chi connectivity index (χ0n) is 22.4. The second kappa shape index (κ2) is 21.0. The normalized spacial score (nSPS) is 23.1. The fourth-order valence-electron chi connectivity index (χ4n) is 3.37. The van der Waals surface area contributed by atoms with E-state index in [1.165, 1.54) is 6.92 Å². The summed E-state index contributed by atoms with van der Waals surface area (Å²) >= 11 is 6.35. The summed E-state index contributed by atoms with van der Waals surface area (Å²) < 4.78 is 11.1. The number of benzene rings is 2. The Morgan fingerprint density at radius 1 is 0.875 bits per heavy atom. The van der Waals surface area contributed by atoms with Gasteiger partial charge in [0.2, 0.25) is 0 Å². The first-order valence-corrected chi connectivity index (χ1v) is 13.1. The standard InChI is InChI=1S/C21H25ClO6.C4H10O.C3H8O2.2CH4/c1-2-27-15-6-3-12(4-7-15)9-14-10-13(5-8-16(14)22)21-20(26)19(25)18(24)17(11-23)28-21;1-3-4(2)5;1-3(5)2-4;;/h3-8,10,17-21,23-26H,2,9,11H2,1H3;4-5H,3H2,1-2H3;3-5H,2H2,1H3;2*1H4/t17-,18-,19+,20-,21+;4-;3-;;/m100../s1. The predicted octanol–water partition coefficient (Wildman–Crippen LogP) is 3.25. The fourth-order valence-corrected chi connectivity index (χ4v) is 3.56. The SMILES string of the molecule is C.C.CCOc1ccc(Cc2cc([C@@H]3O[C@H](CO)[C@@H](O)[C@H](O)[C@H]3O)ccc2Cl)cc1.CC[C@H](C)O.C[C@H](O)CO. The van der Waals surface area contributed by atoms with Gasteiger partial charge in [0.05, 0.1) is 32.0 Å². The van der Waals surface area contributed by atoms with Gasteiger partial charge in [0.25, 0.3) is 0 Å². The van der Waals surface area contributed by atoms with Gasteiger partial charge in [-0.1, -0.05) is 57.6 Å². The maximum absolute atomic E-state index is 10.3. The molecular formula is C30H51ClO9. The van der Waals surface area contributed by atoms with Crippen LogP contribution < -0.4 is 4.74 Å². The molecule has 1 aliphatic rings. The van der Waals surface area contributed by atoms with E-state index in [2.05, 4.69) is 0 Å². The Morgan fingerprint density at radius 3 is 1.88 bits per heavy atom. The van der Waals surface area contributed by atoms with E-state index in [1.54, 1.807) is 19.1 Å². The lowest BCUT2D eigenvalue weighted by atomic mass is 9.90. The van der Waals surface area contributed by atoms with Crippen molar-refractivity contribution >= 4 is 11.6 Å². The van der Waals surface area contributed by atoms with Crippen molar-refractivity contribution < 1.29 is 45.2 Å². The lowest BCUT2D eigenvalue weighted by Gasteiger charge is -2.40. The topological polar surface area (TPSA) is 160 Å². The van der Waals surface area contributed by atoms with Crippen molar-refractivity contribution in [3.8, 4) is 5.75 Å². The van der Waals surface area contributed by atoms with E-state index in [0.717, 1.165) is 23.3 Å². The molecule has 10 heteroatoms. The number of hydrogen-bond donors (Lipinski definition) is 7. The molecule has 2 aromatic carbocycles. The van der Waals surface area contributed by atoms with Crippen molar-refractivity contribution in [2.45, 2.75) is 98.1 Å². The molecule has 1 saturated heterocycles. The molecule has 0 unspecified atom stereocenters. The number of aliphatic hydroxyl groups is 7. The van der Waals surface area contributed by atoms with Crippen molar-refractivity contribution in [3.63, 3.8) is 0 Å². The summed E-state index contributed by atoms with van der Waals surface area (Å²) in [6.07, 6.45) is -5.20. The highest BCUT2D eigenvalue weighted by Gasteiger charge is 2.44. The summed E-state index contributed by atoms with van der Waals surface area (Å²) in [5.41, 5.74) is 2.49. The first-order chi connectivity index (χ1) is 18.0. The number of ether oxygens (including phenoxy) is 2. The molecule has 40 heavy (non-hydrogen) atoms. The van der Waals surface area contributed by atoms with Crippen LogP contribution in [0.5, 0.6) is 5.75 Å². The van der Waals surface area contributed by atoms with Crippen LogP contribution >= 0.6 is 11.6 Å². The zero-order chi connectivity index (χ0) is 28.8. The van der Waals surface area contributed by atoms with Crippen LogP contribution in [-0.2, 0) is 11.2 Å². The molecule has 7 atom stereocenters. The average Bonchev–Trinajstić information content (AvgIpc) is 2.91. The van der Waals surface area contributed by atoms with Gasteiger partial charge in [-0.15, -0.1) is 0 Å². The van der Waals surface area contributed by atoms with Crippen LogP contribution in [0.3, 0.4) is 0 Å². The predicted molar refractivity (Wildman–Crippen MR) is 159 cm³/mol. The molecule has 0 radical (unpaired) electrons. The largest absolute Gasteiger partial charge is 0.494 e. The van der Waals surface area contributed by atoms with Gasteiger partial charge >= 0.3 is 0 Å². The molecule has 0 amide bonds. The van der Waals surface area contributed by atoms with Gasteiger partial charge in [-0.25, -0.2) is 0 Å². The zero-order valence-corrected chi connectivity index (χ0v) is 23.2. The summed E-state index contributed by atoms with van der Waals surface area (Å²) in [6.45, 7) is 7.18. The maximum Gasteiger partial charge on any atom is 0.119 e. The molecule has 3 rings (SSSR count). The molecule has 1 heterocycles. The smallest absolute Gasteiger partial charge is 0.119 e.